The quantitative estimate of drug-likeness (QED) is 0.128. The summed E-state index contributed by atoms with van der Waals surface area (Å²) in [4.78, 5) is 57.5. The van der Waals surface area contributed by atoms with Gasteiger partial charge in [0.2, 0.25) is 17.7 Å². The zero-order valence-corrected chi connectivity index (χ0v) is 40.3. The summed E-state index contributed by atoms with van der Waals surface area (Å²) in [6, 6.07) is 44.7. The minimum absolute atomic E-state index is 0.00236. The monoisotopic (exact) mass is 970 g/mol. The van der Waals surface area contributed by atoms with Crippen molar-refractivity contribution in [2.24, 2.45) is 5.92 Å². The molecular weight excluding hydrogens is 921 g/mol. The Morgan fingerprint density at radius 3 is 2.26 bits per heavy atom. The number of oxazole rings is 2. The number of rotatable bonds is 11. The predicted octanol–water partition coefficient (Wildman–Crippen LogP) is 10.7. The number of ether oxygens (including phenoxy) is 3. The van der Waals surface area contributed by atoms with Crippen molar-refractivity contribution in [3.8, 4) is 39.8 Å². The molecule has 0 saturated carbocycles. The molecule has 3 amide bonds. The molecule has 2 N–H and O–H groups in total. The Balaban J connectivity index is 1.15. The number of carbonyl (C=O) groups excluding carboxylic acids is 3. The highest BCUT2D eigenvalue weighted by atomic mass is 16.5. The molecule has 0 saturated heterocycles. The zero-order valence-electron chi connectivity index (χ0n) is 40.3. The molecule has 3 atom stereocenters. The molecule has 14 nitrogen and oxygen atoms in total. The van der Waals surface area contributed by atoms with Crippen LogP contribution in [-0.4, -0.2) is 45.6 Å². The van der Waals surface area contributed by atoms with Crippen molar-refractivity contribution < 1.29 is 37.4 Å². The van der Waals surface area contributed by atoms with E-state index in [2.05, 4.69) is 22.8 Å². The van der Waals surface area contributed by atoms with Crippen molar-refractivity contribution in [3.63, 3.8) is 0 Å². The van der Waals surface area contributed by atoms with Crippen LogP contribution < -0.4 is 20.3 Å². The van der Waals surface area contributed by atoms with Crippen molar-refractivity contribution in [2.45, 2.75) is 64.3 Å². The van der Waals surface area contributed by atoms with Crippen LogP contribution in [0.1, 0.15) is 64.9 Å². The van der Waals surface area contributed by atoms with E-state index in [-0.39, 0.29) is 68.0 Å². The maximum absolute atomic E-state index is 17.0. The van der Waals surface area contributed by atoms with Crippen LogP contribution >= 0.6 is 0 Å². The van der Waals surface area contributed by atoms with Gasteiger partial charge in [0, 0.05) is 47.4 Å². The molecule has 0 fully saturated rings. The van der Waals surface area contributed by atoms with E-state index in [0.717, 1.165) is 44.3 Å². The van der Waals surface area contributed by atoms with E-state index < -0.39 is 29.5 Å². The molecule has 0 unspecified atom stereocenters. The first-order valence-electron chi connectivity index (χ1n) is 24.4. The number of benzene rings is 6. The number of fused-ring (bicyclic) bond motifs is 8. The molecule has 0 aliphatic carbocycles. The summed E-state index contributed by atoms with van der Waals surface area (Å²) in [5, 5.41) is 6.92. The lowest BCUT2D eigenvalue weighted by Crippen LogP contribution is -2.49. The highest BCUT2D eigenvalue weighted by molar-refractivity contribution is 6.18. The topological polar surface area (TPSA) is 163 Å². The number of para-hydroxylation sites is 1. The highest BCUT2D eigenvalue weighted by Crippen LogP contribution is 2.59. The molecule has 9 aromatic rings. The number of carbonyl (C=O) groups is 3. The van der Waals surface area contributed by atoms with Gasteiger partial charge in [-0.05, 0) is 45.9 Å². The normalized spacial score (nSPS) is 17.6. The van der Waals surface area contributed by atoms with Crippen molar-refractivity contribution in [3.05, 3.63) is 203 Å². The third-order valence-corrected chi connectivity index (χ3v) is 14.1. The SMILES string of the molecule is COCn1cc2c3c(cccc31)-c1cccc3c1N(Cc1ccccc1)C(=O)[C@]31c3cc(ccc3OCc3ccccc3)C[C@H](NC(=O)OCc3ccccc3)C(=O)N[C@@H](C(C)C)c3nc(c1o3)-c1ncc-2o1. The molecule has 73 heavy (non-hydrogen) atoms. The van der Waals surface area contributed by atoms with Gasteiger partial charge in [-0.1, -0.05) is 147 Å². The molecular formula is C59H50N6O8. The van der Waals surface area contributed by atoms with Crippen LogP contribution in [0.4, 0.5) is 10.5 Å². The first-order chi connectivity index (χ1) is 35.7. The fraction of sp³-hybridized carbons (Fsp3) is 0.203. The van der Waals surface area contributed by atoms with Crippen molar-refractivity contribution in [1.29, 1.82) is 0 Å². The third-order valence-electron chi connectivity index (χ3n) is 14.1. The average molecular weight is 971 g/mol. The van der Waals surface area contributed by atoms with Crippen molar-refractivity contribution in [2.75, 3.05) is 12.0 Å². The summed E-state index contributed by atoms with van der Waals surface area (Å²) in [6.07, 6.45) is 2.90. The van der Waals surface area contributed by atoms with Crippen LogP contribution in [0.3, 0.4) is 0 Å². The third kappa shape index (κ3) is 7.81. The van der Waals surface area contributed by atoms with Crippen LogP contribution in [0.2, 0.25) is 0 Å². The van der Waals surface area contributed by atoms with Gasteiger partial charge < -0.3 is 43.1 Å². The van der Waals surface area contributed by atoms with E-state index in [1.54, 1.807) is 13.3 Å². The average Bonchev–Trinajstić information content (AvgIpc) is 4.23. The van der Waals surface area contributed by atoms with E-state index in [1.807, 2.05) is 163 Å². The van der Waals surface area contributed by atoms with Crippen LogP contribution in [0.25, 0.3) is 44.9 Å². The number of methoxy groups -OCH3 is 1. The van der Waals surface area contributed by atoms with E-state index in [1.165, 1.54) is 0 Å². The molecule has 3 aliphatic rings. The Kier molecular flexibility index (Phi) is 11.5. The number of aromatic nitrogens is 3. The summed E-state index contributed by atoms with van der Waals surface area (Å²) in [5.41, 5.74) is 6.57. The van der Waals surface area contributed by atoms with Gasteiger partial charge in [0.15, 0.2) is 22.6 Å². The van der Waals surface area contributed by atoms with E-state index in [0.29, 0.717) is 33.9 Å². The van der Waals surface area contributed by atoms with Gasteiger partial charge in [-0.3, -0.25) is 9.59 Å². The number of anilines is 1. The van der Waals surface area contributed by atoms with Crippen LogP contribution in [0, 0.1) is 5.92 Å². The molecule has 3 aromatic heterocycles. The Hall–Kier alpha value is -8.75. The molecule has 12 rings (SSSR count). The highest BCUT2D eigenvalue weighted by Gasteiger charge is 2.60. The summed E-state index contributed by atoms with van der Waals surface area (Å²) in [6.45, 7) is 4.49. The first kappa shape index (κ1) is 45.4. The molecule has 10 bridgehead atoms. The van der Waals surface area contributed by atoms with Crippen LogP contribution in [-0.2, 0) is 57.4 Å². The lowest BCUT2D eigenvalue weighted by atomic mass is 9.71. The largest absolute Gasteiger partial charge is 0.489 e. The standard InChI is InChI=1S/C59H50N6O8/c1-35(2)50-56-63-51-53(73-56)59(44-27-39(25-26-47(44)70-32-37-17-9-5-10-18-37)28-45(54(66)62-50)61-58(68)71-33-38-19-11-6-12-20-38)43-23-13-22-41(52(43)65(57(59)67)30-36-15-7-4-8-16-36)40-21-14-24-46-49(40)42(31-64(46)34-69-3)48-29-60-55(51)72-48/h4-27,29,31,35,45,50H,28,30,32-34H2,1-3H3,(H,61,68)(H,62,66)/t45-,50-,59-/m0/s1. The second-order valence-electron chi connectivity index (χ2n) is 19.0. The molecule has 14 heteroatoms. The van der Waals surface area contributed by atoms with Gasteiger partial charge in [0.1, 0.15) is 37.8 Å². The second kappa shape index (κ2) is 18.5. The maximum atomic E-state index is 17.0. The van der Waals surface area contributed by atoms with Gasteiger partial charge in [-0.25, -0.2) is 14.8 Å². The van der Waals surface area contributed by atoms with Crippen molar-refractivity contribution >= 4 is 34.5 Å². The Morgan fingerprint density at radius 1 is 0.808 bits per heavy atom. The number of amides is 3. The minimum Gasteiger partial charge on any atom is -0.489 e. The van der Waals surface area contributed by atoms with E-state index in [9.17, 15) is 9.59 Å². The van der Waals surface area contributed by atoms with Crippen molar-refractivity contribution in [1.82, 2.24) is 25.2 Å². The van der Waals surface area contributed by atoms with Crippen LogP contribution in [0.15, 0.2) is 167 Å². The second-order valence-corrected chi connectivity index (χ2v) is 19.0. The number of nitrogens with zero attached hydrogens (tertiary/aromatic N) is 4. The smallest absolute Gasteiger partial charge is 0.408 e. The number of hydrogen-bond donors (Lipinski definition) is 2. The van der Waals surface area contributed by atoms with E-state index in [4.69, 9.17) is 33.0 Å². The predicted molar refractivity (Wildman–Crippen MR) is 273 cm³/mol. The first-order valence-corrected chi connectivity index (χ1v) is 24.4. The van der Waals surface area contributed by atoms with Crippen LogP contribution in [0.5, 0.6) is 5.75 Å². The fourth-order valence-electron chi connectivity index (χ4n) is 10.7. The zero-order chi connectivity index (χ0) is 49.8. The fourth-order valence-corrected chi connectivity index (χ4v) is 10.7. The molecule has 364 valence electrons. The lowest BCUT2D eigenvalue weighted by molar-refractivity contribution is -0.124. The summed E-state index contributed by atoms with van der Waals surface area (Å²) >= 11 is 0. The molecule has 6 aromatic carbocycles. The van der Waals surface area contributed by atoms with E-state index >= 15 is 4.79 Å². The Bertz CT molecular complexity index is 3570. The number of hydrogen-bond acceptors (Lipinski definition) is 10. The maximum Gasteiger partial charge on any atom is 0.408 e. The lowest BCUT2D eigenvalue weighted by Gasteiger charge is -2.31. The molecule has 3 aliphatic heterocycles. The molecule has 6 heterocycles. The summed E-state index contributed by atoms with van der Waals surface area (Å²) < 4.78 is 34.4. The minimum atomic E-state index is -1.84. The Labute approximate surface area is 420 Å². The summed E-state index contributed by atoms with van der Waals surface area (Å²) in [7, 11) is 1.65. The van der Waals surface area contributed by atoms with Gasteiger partial charge in [0.25, 0.3) is 5.91 Å². The number of nitrogens with one attached hydrogen (secondary N) is 2. The van der Waals surface area contributed by atoms with Gasteiger partial charge in [-0.15, -0.1) is 0 Å². The van der Waals surface area contributed by atoms with Gasteiger partial charge in [0.05, 0.1) is 23.9 Å². The summed E-state index contributed by atoms with van der Waals surface area (Å²) in [5.74, 6) is 0.0665. The number of alkyl carbamates (subject to hydrolysis) is 1. The van der Waals surface area contributed by atoms with Gasteiger partial charge >= 0.3 is 6.09 Å². The Morgan fingerprint density at radius 2 is 1.52 bits per heavy atom. The molecule has 1 spiro atoms. The van der Waals surface area contributed by atoms with Gasteiger partial charge in [-0.2, -0.15) is 0 Å². The molecule has 0 radical (unpaired) electrons.